The van der Waals surface area contributed by atoms with Gasteiger partial charge in [0.05, 0.1) is 24.9 Å². The van der Waals surface area contributed by atoms with Gasteiger partial charge in [-0.25, -0.2) is 0 Å². The molecular formula is C23H31ClN2O3S. The van der Waals surface area contributed by atoms with Gasteiger partial charge in [0, 0.05) is 30.7 Å². The van der Waals surface area contributed by atoms with Gasteiger partial charge in [-0.3, -0.25) is 0 Å². The van der Waals surface area contributed by atoms with Crippen LogP contribution in [0.2, 0.25) is 5.02 Å². The minimum absolute atomic E-state index is 0.0819. The van der Waals surface area contributed by atoms with Crippen molar-refractivity contribution in [2.75, 3.05) is 6.61 Å². The first-order chi connectivity index (χ1) is 14.5. The summed E-state index contributed by atoms with van der Waals surface area (Å²) >= 11 is 8.16. The molecule has 2 N–H and O–H groups in total. The SMILES string of the molecule is CC1CCC(Cc2nnc(Cc3cc(C4CC(O)CC(CO)O4)ccc3Cl)s2)CC1. The maximum Gasteiger partial charge on any atom is 0.121 e. The number of ether oxygens (including phenoxy) is 1. The Bertz CT molecular complexity index is 838. The molecule has 2 aliphatic rings. The van der Waals surface area contributed by atoms with E-state index < -0.39 is 6.10 Å². The van der Waals surface area contributed by atoms with Crippen LogP contribution in [0.25, 0.3) is 0 Å². The molecule has 2 heterocycles. The second kappa shape index (κ2) is 10.0. The van der Waals surface area contributed by atoms with E-state index in [4.69, 9.17) is 16.3 Å². The zero-order valence-corrected chi connectivity index (χ0v) is 19.0. The molecule has 1 aromatic heterocycles. The number of hydrogen-bond acceptors (Lipinski definition) is 6. The smallest absolute Gasteiger partial charge is 0.121 e. The Hall–Kier alpha value is -1.05. The van der Waals surface area contributed by atoms with Crippen LogP contribution in [-0.4, -0.2) is 39.2 Å². The first-order valence-electron chi connectivity index (χ1n) is 11.0. The number of aliphatic hydroxyl groups is 2. The standard InChI is InChI=1S/C23H31ClN2O3S/c1-14-2-4-15(5-3-14)8-22-25-26-23(30-22)10-17-9-16(6-7-20(17)24)21-12-18(28)11-19(13-27)29-21/h6-7,9,14-15,18-19,21,27-28H,2-5,8,10-13H2,1H3. The monoisotopic (exact) mass is 450 g/mol. The summed E-state index contributed by atoms with van der Waals surface area (Å²) in [5, 5.41) is 31.2. The van der Waals surface area contributed by atoms with Gasteiger partial charge >= 0.3 is 0 Å². The van der Waals surface area contributed by atoms with Gasteiger partial charge in [0.15, 0.2) is 0 Å². The fourth-order valence-electron chi connectivity index (χ4n) is 4.64. The van der Waals surface area contributed by atoms with Crippen LogP contribution >= 0.6 is 22.9 Å². The highest BCUT2D eigenvalue weighted by Gasteiger charge is 2.29. The lowest BCUT2D eigenvalue weighted by Crippen LogP contribution is -2.33. The van der Waals surface area contributed by atoms with Gasteiger partial charge in [-0.05, 0) is 41.9 Å². The van der Waals surface area contributed by atoms with Crippen LogP contribution in [-0.2, 0) is 17.6 Å². The predicted molar refractivity (Wildman–Crippen MR) is 119 cm³/mol. The van der Waals surface area contributed by atoms with Crippen LogP contribution in [0.5, 0.6) is 0 Å². The zero-order chi connectivity index (χ0) is 21.1. The Balaban J connectivity index is 1.42. The fraction of sp³-hybridized carbons (Fsp3) is 0.652. The van der Waals surface area contributed by atoms with E-state index in [2.05, 4.69) is 17.1 Å². The largest absolute Gasteiger partial charge is 0.394 e. The Morgan fingerprint density at radius 2 is 1.90 bits per heavy atom. The lowest BCUT2D eigenvalue weighted by atomic mass is 9.82. The van der Waals surface area contributed by atoms with Crippen LogP contribution in [0.1, 0.15) is 72.7 Å². The van der Waals surface area contributed by atoms with Crippen LogP contribution in [0, 0.1) is 11.8 Å². The average Bonchev–Trinajstić information content (AvgIpc) is 3.17. The van der Waals surface area contributed by atoms with Gasteiger partial charge in [0.1, 0.15) is 10.0 Å². The summed E-state index contributed by atoms with van der Waals surface area (Å²) in [5.74, 6) is 1.60. The van der Waals surface area contributed by atoms with Crippen molar-refractivity contribution in [1.82, 2.24) is 10.2 Å². The normalized spacial score (nSPS) is 29.8. The number of nitrogens with zero attached hydrogens (tertiary/aromatic N) is 2. The van der Waals surface area contributed by atoms with Gasteiger partial charge in [-0.15, -0.1) is 21.5 Å². The minimum atomic E-state index is -0.464. The molecule has 1 saturated heterocycles. The first-order valence-corrected chi connectivity index (χ1v) is 12.2. The average molecular weight is 451 g/mol. The van der Waals surface area contributed by atoms with Crippen molar-refractivity contribution in [2.45, 2.75) is 76.6 Å². The van der Waals surface area contributed by atoms with E-state index in [0.717, 1.165) is 39.4 Å². The molecule has 2 fully saturated rings. The Morgan fingerprint density at radius 1 is 1.13 bits per heavy atom. The molecule has 0 bridgehead atoms. The molecule has 5 nitrogen and oxygen atoms in total. The Kier molecular flexibility index (Phi) is 7.42. The maximum atomic E-state index is 10.1. The third kappa shape index (κ3) is 5.60. The summed E-state index contributed by atoms with van der Waals surface area (Å²) in [7, 11) is 0. The molecule has 3 atom stereocenters. The molecule has 1 aliphatic heterocycles. The maximum absolute atomic E-state index is 10.1. The highest BCUT2D eigenvalue weighted by Crippen LogP contribution is 2.35. The van der Waals surface area contributed by atoms with E-state index in [1.54, 1.807) is 11.3 Å². The molecule has 164 valence electrons. The van der Waals surface area contributed by atoms with E-state index in [0.29, 0.717) is 24.3 Å². The third-order valence-electron chi connectivity index (χ3n) is 6.47. The second-order valence-electron chi connectivity index (χ2n) is 9.00. The number of halogens is 1. The number of benzene rings is 1. The molecular weight excluding hydrogens is 420 g/mol. The number of aliphatic hydroxyl groups excluding tert-OH is 2. The van der Waals surface area contributed by atoms with E-state index >= 15 is 0 Å². The lowest BCUT2D eigenvalue weighted by Gasteiger charge is -2.32. The fourth-order valence-corrected chi connectivity index (χ4v) is 5.80. The molecule has 7 heteroatoms. The highest BCUT2D eigenvalue weighted by molar-refractivity contribution is 7.11. The summed E-state index contributed by atoms with van der Waals surface area (Å²) in [6, 6.07) is 5.87. The topological polar surface area (TPSA) is 75.5 Å². The van der Waals surface area contributed by atoms with Crippen molar-refractivity contribution in [1.29, 1.82) is 0 Å². The molecule has 2 aromatic rings. The predicted octanol–water partition coefficient (Wildman–Crippen LogP) is 4.72. The van der Waals surface area contributed by atoms with E-state index in [1.165, 1.54) is 25.7 Å². The van der Waals surface area contributed by atoms with Crippen LogP contribution in [0.4, 0.5) is 0 Å². The molecule has 0 radical (unpaired) electrons. The van der Waals surface area contributed by atoms with Gasteiger partial charge in [-0.1, -0.05) is 43.5 Å². The molecule has 3 unspecified atom stereocenters. The summed E-state index contributed by atoms with van der Waals surface area (Å²) < 4.78 is 5.95. The van der Waals surface area contributed by atoms with Crippen molar-refractivity contribution >= 4 is 22.9 Å². The summed E-state index contributed by atoms with van der Waals surface area (Å²) in [5.41, 5.74) is 1.97. The van der Waals surface area contributed by atoms with Gasteiger partial charge in [0.2, 0.25) is 0 Å². The Labute approximate surface area is 187 Å². The molecule has 1 aliphatic carbocycles. The molecule has 0 amide bonds. The van der Waals surface area contributed by atoms with Crippen molar-refractivity contribution in [3.63, 3.8) is 0 Å². The van der Waals surface area contributed by atoms with Crippen molar-refractivity contribution in [2.24, 2.45) is 11.8 Å². The van der Waals surface area contributed by atoms with Crippen LogP contribution in [0.3, 0.4) is 0 Å². The number of rotatable bonds is 6. The molecule has 4 rings (SSSR count). The summed E-state index contributed by atoms with van der Waals surface area (Å²) in [6.07, 6.45) is 6.90. The second-order valence-corrected chi connectivity index (χ2v) is 10.6. The molecule has 1 aromatic carbocycles. The first kappa shape index (κ1) is 22.2. The van der Waals surface area contributed by atoms with E-state index in [1.807, 2.05) is 18.2 Å². The van der Waals surface area contributed by atoms with Crippen molar-refractivity contribution in [3.05, 3.63) is 44.4 Å². The van der Waals surface area contributed by atoms with Gasteiger partial charge in [-0.2, -0.15) is 0 Å². The highest BCUT2D eigenvalue weighted by atomic mass is 35.5. The third-order valence-corrected chi connectivity index (χ3v) is 7.79. The Morgan fingerprint density at radius 3 is 2.67 bits per heavy atom. The lowest BCUT2D eigenvalue weighted by molar-refractivity contribution is -0.113. The number of aromatic nitrogens is 2. The van der Waals surface area contributed by atoms with E-state index in [9.17, 15) is 10.2 Å². The summed E-state index contributed by atoms with van der Waals surface area (Å²) in [4.78, 5) is 0. The molecule has 1 saturated carbocycles. The molecule has 30 heavy (non-hydrogen) atoms. The van der Waals surface area contributed by atoms with Crippen molar-refractivity contribution < 1.29 is 14.9 Å². The molecule has 0 spiro atoms. The number of hydrogen-bond donors (Lipinski definition) is 2. The minimum Gasteiger partial charge on any atom is -0.394 e. The van der Waals surface area contributed by atoms with Crippen LogP contribution < -0.4 is 0 Å². The summed E-state index contributed by atoms with van der Waals surface area (Å²) in [6.45, 7) is 2.27. The zero-order valence-electron chi connectivity index (χ0n) is 17.5. The van der Waals surface area contributed by atoms with Gasteiger partial charge < -0.3 is 14.9 Å². The quantitative estimate of drug-likeness (QED) is 0.665. The van der Waals surface area contributed by atoms with E-state index in [-0.39, 0.29) is 18.8 Å². The van der Waals surface area contributed by atoms with Crippen LogP contribution in [0.15, 0.2) is 18.2 Å². The van der Waals surface area contributed by atoms with Crippen molar-refractivity contribution in [3.8, 4) is 0 Å². The van der Waals surface area contributed by atoms with Gasteiger partial charge in [0.25, 0.3) is 0 Å².